The van der Waals surface area contributed by atoms with Crippen molar-refractivity contribution in [3.63, 3.8) is 0 Å². The molecule has 1 amide bonds. The van der Waals surface area contributed by atoms with E-state index in [0.29, 0.717) is 11.6 Å². The average molecular weight is 320 g/mol. The molecule has 1 atom stereocenters. The van der Waals surface area contributed by atoms with Crippen LogP contribution in [0.2, 0.25) is 5.02 Å². The first-order valence-electron chi connectivity index (χ1n) is 6.83. The Morgan fingerprint density at radius 3 is 2.43 bits per heavy atom. The van der Waals surface area contributed by atoms with Gasteiger partial charge in [0.25, 0.3) is 0 Å². The van der Waals surface area contributed by atoms with Gasteiger partial charge in [-0.25, -0.2) is 0 Å². The first kappa shape index (κ1) is 15.9. The summed E-state index contributed by atoms with van der Waals surface area (Å²) in [7, 11) is 0. The fourth-order valence-corrected chi connectivity index (χ4v) is 2.80. The standard InChI is InChI=1S/C17H18ClNOS/c1-13(21-12-15-5-3-2-4-6-15)17(20)19-11-14-7-9-16(18)10-8-14/h2-10,13H,11-12H2,1H3,(H,19,20)/t13-/m0/s1. The zero-order valence-electron chi connectivity index (χ0n) is 11.9. The highest BCUT2D eigenvalue weighted by atomic mass is 35.5. The Balaban J connectivity index is 1.76. The minimum atomic E-state index is -0.0718. The third-order valence-electron chi connectivity index (χ3n) is 3.09. The van der Waals surface area contributed by atoms with E-state index >= 15 is 0 Å². The predicted octanol–water partition coefficient (Wildman–Crippen LogP) is 4.28. The summed E-state index contributed by atoms with van der Waals surface area (Å²) in [5, 5.41) is 3.59. The highest BCUT2D eigenvalue weighted by Crippen LogP contribution is 2.17. The van der Waals surface area contributed by atoms with Gasteiger partial charge in [-0.15, -0.1) is 11.8 Å². The van der Waals surface area contributed by atoms with E-state index in [-0.39, 0.29) is 11.2 Å². The number of hydrogen-bond donors (Lipinski definition) is 1. The van der Waals surface area contributed by atoms with Gasteiger partial charge in [-0.05, 0) is 30.2 Å². The molecule has 2 nitrogen and oxygen atoms in total. The molecule has 21 heavy (non-hydrogen) atoms. The van der Waals surface area contributed by atoms with Crippen LogP contribution < -0.4 is 5.32 Å². The molecule has 0 aliphatic carbocycles. The Morgan fingerprint density at radius 2 is 1.76 bits per heavy atom. The van der Waals surface area contributed by atoms with Gasteiger partial charge in [0.15, 0.2) is 0 Å². The fraction of sp³-hybridized carbons (Fsp3) is 0.235. The third kappa shape index (κ3) is 5.44. The van der Waals surface area contributed by atoms with E-state index in [1.807, 2.05) is 49.4 Å². The topological polar surface area (TPSA) is 29.1 Å². The molecule has 0 radical (unpaired) electrons. The lowest BCUT2D eigenvalue weighted by atomic mass is 10.2. The van der Waals surface area contributed by atoms with Crippen LogP contribution in [-0.2, 0) is 17.1 Å². The number of amides is 1. The van der Waals surface area contributed by atoms with Gasteiger partial charge >= 0.3 is 0 Å². The van der Waals surface area contributed by atoms with Gasteiger partial charge < -0.3 is 5.32 Å². The van der Waals surface area contributed by atoms with Crippen molar-refractivity contribution in [3.05, 3.63) is 70.7 Å². The highest BCUT2D eigenvalue weighted by Gasteiger charge is 2.12. The lowest BCUT2D eigenvalue weighted by molar-refractivity contribution is -0.120. The molecule has 0 aliphatic heterocycles. The average Bonchev–Trinajstić information content (AvgIpc) is 2.52. The second-order valence-electron chi connectivity index (χ2n) is 4.78. The molecule has 0 bridgehead atoms. The van der Waals surface area contributed by atoms with Crippen LogP contribution in [0.25, 0.3) is 0 Å². The normalized spacial score (nSPS) is 11.9. The molecule has 1 N–H and O–H groups in total. The maximum atomic E-state index is 12.0. The number of carbonyl (C=O) groups excluding carboxylic acids is 1. The van der Waals surface area contributed by atoms with Crippen LogP contribution in [0.4, 0.5) is 0 Å². The Hall–Kier alpha value is -1.45. The number of hydrogen-bond acceptors (Lipinski definition) is 2. The van der Waals surface area contributed by atoms with Gasteiger partial charge in [0, 0.05) is 17.3 Å². The summed E-state index contributed by atoms with van der Waals surface area (Å²) in [5.74, 6) is 0.905. The summed E-state index contributed by atoms with van der Waals surface area (Å²) >= 11 is 7.48. The molecule has 0 spiro atoms. The molecule has 0 fully saturated rings. The summed E-state index contributed by atoms with van der Waals surface area (Å²) in [6, 6.07) is 17.7. The number of benzene rings is 2. The van der Waals surface area contributed by atoms with Crippen molar-refractivity contribution >= 4 is 29.3 Å². The van der Waals surface area contributed by atoms with Crippen LogP contribution in [0.5, 0.6) is 0 Å². The maximum Gasteiger partial charge on any atom is 0.233 e. The van der Waals surface area contributed by atoms with Gasteiger partial charge in [-0.3, -0.25) is 4.79 Å². The maximum absolute atomic E-state index is 12.0. The van der Waals surface area contributed by atoms with E-state index in [0.717, 1.165) is 11.3 Å². The van der Waals surface area contributed by atoms with Crippen LogP contribution in [0.1, 0.15) is 18.1 Å². The predicted molar refractivity (Wildman–Crippen MR) is 90.5 cm³/mol. The second-order valence-corrected chi connectivity index (χ2v) is 6.55. The van der Waals surface area contributed by atoms with Crippen molar-refractivity contribution in [2.24, 2.45) is 0 Å². The monoisotopic (exact) mass is 319 g/mol. The Bertz CT molecular complexity index is 571. The molecule has 4 heteroatoms. The lowest BCUT2D eigenvalue weighted by Crippen LogP contribution is -2.30. The summed E-state index contributed by atoms with van der Waals surface area (Å²) in [5.41, 5.74) is 2.29. The van der Waals surface area contributed by atoms with Gasteiger partial charge in [0.2, 0.25) is 5.91 Å². The van der Waals surface area contributed by atoms with E-state index < -0.39 is 0 Å². The van der Waals surface area contributed by atoms with E-state index in [4.69, 9.17) is 11.6 Å². The minimum absolute atomic E-state index is 0.0610. The zero-order valence-corrected chi connectivity index (χ0v) is 13.5. The molecule has 0 aliphatic rings. The summed E-state index contributed by atoms with van der Waals surface area (Å²) in [6.45, 7) is 2.47. The van der Waals surface area contributed by atoms with Crippen LogP contribution in [0.15, 0.2) is 54.6 Å². The quantitative estimate of drug-likeness (QED) is 0.861. The SMILES string of the molecule is C[C@H](SCc1ccccc1)C(=O)NCc1ccc(Cl)cc1. The molecule has 0 aromatic heterocycles. The number of nitrogens with one attached hydrogen (secondary N) is 1. The van der Waals surface area contributed by atoms with Crippen LogP contribution in [0.3, 0.4) is 0 Å². The van der Waals surface area contributed by atoms with Crippen molar-refractivity contribution in [2.45, 2.75) is 24.5 Å². The van der Waals surface area contributed by atoms with Crippen molar-refractivity contribution in [1.82, 2.24) is 5.32 Å². The van der Waals surface area contributed by atoms with Crippen molar-refractivity contribution in [1.29, 1.82) is 0 Å². The van der Waals surface area contributed by atoms with E-state index in [1.54, 1.807) is 11.8 Å². The summed E-state index contributed by atoms with van der Waals surface area (Å²) in [4.78, 5) is 12.0. The van der Waals surface area contributed by atoms with Crippen LogP contribution in [-0.4, -0.2) is 11.2 Å². The Morgan fingerprint density at radius 1 is 1.10 bits per heavy atom. The van der Waals surface area contributed by atoms with E-state index in [9.17, 15) is 4.79 Å². The van der Waals surface area contributed by atoms with Gasteiger partial charge in [0.1, 0.15) is 0 Å². The molecule has 0 saturated carbocycles. The first-order chi connectivity index (χ1) is 10.1. The smallest absolute Gasteiger partial charge is 0.233 e. The summed E-state index contributed by atoms with van der Waals surface area (Å²) in [6.07, 6.45) is 0. The largest absolute Gasteiger partial charge is 0.351 e. The molecule has 2 aromatic carbocycles. The van der Waals surface area contributed by atoms with Crippen molar-refractivity contribution in [3.8, 4) is 0 Å². The number of thioether (sulfide) groups is 1. The van der Waals surface area contributed by atoms with Gasteiger partial charge in [0.05, 0.1) is 5.25 Å². The molecule has 0 heterocycles. The van der Waals surface area contributed by atoms with Crippen LogP contribution in [0, 0.1) is 0 Å². The molecule has 2 aromatic rings. The number of rotatable bonds is 6. The zero-order chi connectivity index (χ0) is 15.1. The summed E-state index contributed by atoms with van der Waals surface area (Å²) < 4.78 is 0. The van der Waals surface area contributed by atoms with E-state index in [2.05, 4.69) is 17.4 Å². The fourth-order valence-electron chi connectivity index (χ4n) is 1.81. The lowest BCUT2D eigenvalue weighted by Gasteiger charge is -2.12. The van der Waals surface area contributed by atoms with Gasteiger partial charge in [-0.2, -0.15) is 0 Å². The van der Waals surface area contributed by atoms with Crippen LogP contribution >= 0.6 is 23.4 Å². The number of halogens is 1. The van der Waals surface area contributed by atoms with Gasteiger partial charge in [-0.1, -0.05) is 54.1 Å². The van der Waals surface area contributed by atoms with Crippen molar-refractivity contribution < 1.29 is 4.79 Å². The number of carbonyl (C=O) groups is 1. The molecule has 110 valence electrons. The molecule has 0 saturated heterocycles. The minimum Gasteiger partial charge on any atom is -0.351 e. The Labute approximate surface area is 134 Å². The molecular formula is C17H18ClNOS. The second kappa shape index (κ2) is 8.11. The van der Waals surface area contributed by atoms with E-state index in [1.165, 1.54) is 5.56 Å². The molecule has 0 unspecified atom stereocenters. The van der Waals surface area contributed by atoms with Crippen molar-refractivity contribution in [2.75, 3.05) is 0 Å². The third-order valence-corrected chi connectivity index (χ3v) is 4.56. The Kier molecular flexibility index (Phi) is 6.15. The first-order valence-corrected chi connectivity index (χ1v) is 8.25. The molecular weight excluding hydrogens is 302 g/mol. The molecule has 2 rings (SSSR count). The highest BCUT2D eigenvalue weighted by molar-refractivity contribution is 7.99.